The number of ether oxygens (including phenoxy) is 1. The fraction of sp³-hybridized carbons (Fsp3) is 0.222. The summed E-state index contributed by atoms with van der Waals surface area (Å²) in [7, 11) is 1.51. The monoisotopic (exact) mass is 315 g/mol. The summed E-state index contributed by atoms with van der Waals surface area (Å²) in [6.07, 6.45) is 0.0567. The number of hydrogen-bond donors (Lipinski definition) is 1. The Hall–Kier alpha value is -2.69. The number of ketones is 1. The second-order valence-electron chi connectivity index (χ2n) is 5.27. The van der Waals surface area contributed by atoms with Crippen LogP contribution < -0.4 is 10.1 Å². The van der Waals surface area contributed by atoms with Crippen LogP contribution in [0, 0.1) is 12.7 Å². The molecule has 2 aromatic carbocycles. The van der Waals surface area contributed by atoms with Crippen LogP contribution in [0.25, 0.3) is 0 Å². The van der Waals surface area contributed by atoms with Crippen molar-refractivity contribution in [3.63, 3.8) is 0 Å². The van der Waals surface area contributed by atoms with Crippen LogP contribution in [0.5, 0.6) is 5.75 Å². The first-order valence-corrected chi connectivity index (χ1v) is 7.14. The molecule has 5 heteroatoms. The Morgan fingerprint density at radius 2 is 1.91 bits per heavy atom. The summed E-state index contributed by atoms with van der Waals surface area (Å²) >= 11 is 0. The number of carbonyl (C=O) groups is 2. The van der Waals surface area contributed by atoms with Crippen LogP contribution in [0.4, 0.5) is 10.1 Å². The highest BCUT2D eigenvalue weighted by atomic mass is 19.1. The van der Waals surface area contributed by atoms with Crippen molar-refractivity contribution in [2.24, 2.45) is 0 Å². The maximum Gasteiger partial charge on any atom is 0.228 e. The highest BCUT2D eigenvalue weighted by Crippen LogP contribution is 2.22. The predicted octanol–water partition coefficient (Wildman–Crippen LogP) is 3.53. The number of benzene rings is 2. The lowest BCUT2D eigenvalue weighted by atomic mass is 10.0. The van der Waals surface area contributed by atoms with E-state index in [0.717, 1.165) is 0 Å². The highest BCUT2D eigenvalue weighted by molar-refractivity contribution is 5.96. The van der Waals surface area contributed by atoms with E-state index in [-0.39, 0.29) is 23.9 Å². The van der Waals surface area contributed by atoms with E-state index in [9.17, 15) is 14.0 Å². The normalized spacial score (nSPS) is 10.3. The number of nitrogens with one attached hydrogen (secondary N) is 1. The van der Waals surface area contributed by atoms with E-state index in [1.54, 1.807) is 25.1 Å². The first-order valence-electron chi connectivity index (χ1n) is 7.14. The van der Waals surface area contributed by atoms with Crippen molar-refractivity contribution < 1.29 is 18.7 Å². The van der Waals surface area contributed by atoms with E-state index in [1.165, 1.54) is 32.2 Å². The van der Waals surface area contributed by atoms with Crippen LogP contribution in [-0.4, -0.2) is 18.8 Å². The molecule has 0 saturated heterocycles. The molecule has 4 nitrogen and oxygen atoms in total. The predicted molar refractivity (Wildman–Crippen MR) is 86.5 cm³/mol. The summed E-state index contributed by atoms with van der Waals surface area (Å²) < 4.78 is 18.3. The first kappa shape index (κ1) is 16.7. The standard InChI is InChI=1S/C18H18FNO3/c1-11-8-15(19)5-6-16(11)20-18(22)10-14-9-13(12(2)21)4-7-17(14)23-3/h4-9H,10H2,1-3H3,(H,20,22). The molecule has 0 saturated carbocycles. The van der Waals surface area contributed by atoms with Crippen molar-refractivity contribution in [1.29, 1.82) is 0 Å². The van der Waals surface area contributed by atoms with Gasteiger partial charge < -0.3 is 10.1 Å². The molecular formula is C18H18FNO3. The lowest BCUT2D eigenvalue weighted by molar-refractivity contribution is -0.115. The van der Waals surface area contributed by atoms with Gasteiger partial charge in [0.1, 0.15) is 11.6 Å². The third-order valence-corrected chi connectivity index (χ3v) is 3.50. The van der Waals surface area contributed by atoms with Gasteiger partial charge in [-0.15, -0.1) is 0 Å². The summed E-state index contributed by atoms with van der Waals surface area (Å²) in [5.41, 5.74) is 2.34. The van der Waals surface area contributed by atoms with Gasteiger partial charge in [-0.3, -0.25) is 9.59 Å². The molecule has 0 bridgehead atoms. The third kappa shape index (κ3) is 4.16. The second kappa shape index (κ2) is 7.05. The fourth-order valence-electron chi connectivity index (χ4n) is 2.27. The maximum absolute atomic E-state index is 13.1. The number of carbonyl (C=O) groups excluding carboxylic acids is 2. The summed E-state index contributed by atoms with van der Waals surface area (Å²) in [6, 6.07) is 9.14. The smallest absolute Gasteiger partial charge is 0.228 e. The Bertz CT molecular complexity index is 756. The minimum atomic E-state index is -0.351. The molecule has 0 aromatic heterocycles. The van der Waals surface area contributed by atoms with E-state index >= 15 is 0 Å². The number of methoxy groups -OCH3 is 1. The number of amides is 1. The number of Topliss-reactive ketones (excluding diaryl/α,β-unsaturated/α-hetero) is 1. The third-order valence-electron chi connectivity index (χ3n) is 3.50. The van der Waals surface area contributed by atoms with Gasteiger partial charge >= 0.3 is 0 Å². The Morgan fingerprint density at radius 1 is 1.17 bits per heavy atom. The second-order valence-corrected chi connectivity index (χ2v) is 5.27. The number of hydrogen-bond acceptors (Lipinski definition) is 3. The van der Waals surface area contributed by atoms with Crippen molar-refractivity contribution in [3.8, 4) is 5.75 Å². The van der Waals surface area contributed by atoms with Gasteiger partial charge in [0.25, 0.3) is 0 Å². The van der Waals surface area contributed by atoms with Crippen LogP contribution in [0.2, 0.25) is 0 Å². The zero-order valence-corrected chi connectivity index (χ0v) is 13.3. The summed E-state index contributed by atoms with van der Waals surface area (Å²) in [4.78, 5) is 23.7. The van der Waals surface area contributed by atoms with Crippen molar-refractivity contribution in [2.45, 2.75) is 20.3 Å². The van der Waals surface area contributed by atoms with Gasteiger partial charge in [0.05, 0.1) is 13.5 Å². The molecule has 23 heavy (non-hydrogen) atoms. The summed E-state index contributed by atoms with van der Waals surface area (Å²) in [6.45, 7) is 3.18. The lowest BCUT2D eigenvalue weighted by Crippen LogP contribution is -2.16. The number of aryl methyl sites for hydroxylation is 1. The zero-order chi connectivity index (χ0) is 17.0. The van der Waals surface area contributed by atoms with E-state index in [2.05, 4.69) is 5.32 Å². The van der Waals surface area contributed by atoms with Gasteiger partial charge in [-0.05, 0) is 55.8 Å². The molecule has 0 radical (unpaired) electrons. The molecule has 2 aromatic rings. The van der Waals surface area contributed by atoms with Crippen molar-refractivity contribution in [3.05, 3.63) is 58.9 Å². The Kier molecular flexibility index (Phi) is 5.11. The topological polar surface area (TPSA) is 55.4 Å². The van der Waals surface area contributed by atoms with Crippen LogP contribution in [-0.2, 0) is 11.2 Å². The van der Waals surface area contributed by atoms with Crippen molar-refractivity contribution >= 4 is 17.4 Å². The molecule has 1 amide bonds. The van der Waals surface area contributed by atoms with Crippen LogP contribution >= 0.6 is 0 Å². The number of anilines is 1. The zero-order valence-electron chi connectivity index (χ0n) is 13.3. The molecule has 120 valence electrons. The van der Waals surface area contributed by atoms with Crippen molar-refractivity contribution in [2.75, 3.05) is 12.4 Å². The quantitative estimate of drug-likeness (QED) is 0.859. The Morgan fingerprint density at radius 3 is 2.52 bits per heavy atom. The average molecular weight is 315 g/mol. The highest BCUT2D eigenvalue weighted by Gasteiger charge is 2.12. The van der Waals surface area contributed by atoms with Gasteiger partial charge in [0, 0.05) is 16.8 Å². The van der Waals surface area contributed by atoms with E-state index in [1.807, 2.05) is 0 Å². The summed E-state index contributed by atoms with van der Waals surface area (Å²) in [5.74, 6) is -0.153. The maximum atomic E-state index is 13.1. The van der Waals surface area contributed by atoms with Crippen LogP contribution in [0.3, 0.4) is 0 Å². The minimum absolute atomic E-state index is 0.0567. The molecule has 1 N–H and O–H groups in total. The van der Waals surface area contributed by atoms with Crippen LogP contribution in [0.15, 0.2) is 36.4 Å². The first-order chi connectivity index (χ1) is 10.9. The molecule has 0 aliphatic rings. The lowest BCUT2D eigenvalue weighted by Gasteiger charge is -2.11. The van der Waals surface area contributed by atoms with E-state index in [4.69, 9.17) is 4.74 Å². The molecule has 0 aliphatic heterocycles. The van der Waals surface area contributed by atoms with Gasteiger partial charge in [-0.1, -0.05) is 0 Å². The molecule has 2 rings (SSSR count). The fourth-order valence-corrected chi connectivity index (χ4v) is 2.27. The minimum Gasteiger partial charge on any atom is -0.496 e. The number of rotatable bonds is 5. The molecular weight excluding hydrogens is 297 g/mol. The molecule has 0 fully saturated rings. The van der Waals surface area contributed by atoms with E-state index < -0.39 is 0 Å². The molecule has 0 heterocycles. The van der Waals surface area contributed by atoms with E-state index in [0.29, 0.717) is 28.1 Å². The molecule has 0 atom stereocenters. The molecule has 0 aliphatic carbocycles. The van der Waals surface area contributed by atoms with Gasteiger partial charge in [0.2, 0.25) is 5.91 Å². The Balaban J connectivity index is 2.19. The molecule has 0 unspecified atom stereocenters. The number of halogens is 1. The van der Waals surface area contributed by atoms with Gasteiger partial charge in [0.15, 0.2) is 5.78 Å². The van der Waals surface area contributed by atoms with Crippen molar-refractivity contribution in [1.82, 2.24) is 0 Å². The van der Waals surface area contributed by atoms with Gasteiger partial charge in [-0.2, -0.15) is 0 Å². The largest absolute Gasteiger partial charge is 0.496 e. The molecule has 0 spiro atoms. The SMILES string of the molecule is COc1ccc(C(C)=O)cc1CC(=O)Nc1ccc(F)cc1C. The van der Waals surface area contributed by atoms with Crippen LogP contribution in [0.1, 0.15) is 28.4 Å². The Labute approximate surface area is 134 Å². The average Bonchev–Trinajstić information content (AvgIpc) is 2.50. The summed E-state index contributed by atoms with van der Waals surface area (Å²) in [5, 5.41) is 2.74. The van der Waals surface area contributed by atoms with Gasteiger partial charge in [-0.25, -0.2) is 4.39 Å².